The van der Waals surface area contributed by atoms with E-state index in [2.05, 4.69) is 5.32 Å². The molecular weight excluding hydrogens is 461 g/mol. The third kappa shape index (κ3) is 6.46. The lowest BCUT2D eigenvalue weighted by molar-refractivity contribution is 0.0779. The molecule has 0 unspecified atom stereocenters. The molecule has 0 bridgehead atoms. The van der Waals surface area contributed by atoms with E-state index in [1.807, 2.05) is 30.3 Å². The van der Waals surface area contributed by atoms with Crippen LogP contribution in [0.15, 0.2) is 71.8 Å². The Morgan fingerprint density at radius 1 is 1.08 bits per heavy atom. The van der Waals surface area contributed by atoms with Crippen molar-refractivity contribution in [2.45, 2.75) is 38.5 Å². The van der Waals surface area contributed by atoms with Crippen LogP contribution in [-0.2, 0) is 24.2 Å². The summed E-state index contributed by atoms with van der Waals surface area (Å²) in [7, 11) is 1.63. The van der Waals surface area contributed by atoms with Gasteiger partial charge in [0.05, 0.1) is 6.10 Å². The summed E-state index contributed by atoms with van der Waals surface area (Å²) < 4.78 is 20.8. The van der Waals surface area contributed by atoms with E-state index in [0.717, 1.165) is 24.0 Å². The van der Waals surface area contributed by atoms with Gasteiger partial charge in [0.25, 0.3) is 11.8 Å². The van der Waals surface area contributed by atoms with Crippen molar-refractivity contribution in [1.82, 2.24) is 14.8 Å². The largest absolute Gasteiger partial charge is 0.376 e. The highest BCUT2D eigenvalue weighted by atomic mass is 19.1. The van der Waals surface area contributed by atoms with Crippen molar-refractivity contribution < 1.29 is 18.7 Å². The van der Waals surface area contributed by atoms with Crippen LogP contribution < -0.4 is 10.7 Å². The van der Waals surface area contributed by atoms with Crippen LogP contribution in [0.2, 0.25) is 0 Å². The number of aromatic nitrogens is 1. The van der Waals surface area contributed by atoms with Gasteiger partial charge in [-0.15, -0.1) is 0 Å². The Labute approximate surface area is 209 Å². The monoisotopic (exact) mass is 491 g/mol. The molecule has 0 spiro atoms. The molecule has 36 heavy (non-hydrogen) atoms. The number of nitrogens with zero attached hydrogens (tertiary/aromatic N) is 2. The lowest BCUT2D eigenvalue weighted by Crippen LogP contribution is -2.37. The summed E-state index contributed by atoms with van der Waals surface area (Å²) in [5.74, 6) is -1.38. The van der Waals surface area contributed by atoms with Gasteiger partial charge in [-0.25, -0.2) is 4.39 Å². The number of carbonyl (C=O) groups excluding carboxylic acids is 2. The molecule has 4 rings (SSSR count). The number of nitrogens with one attached hydrogen (secondary N) is 1. The van der Waals surface area contributed by atoms with Crippen LogP contribution in [0, 0.1) is 5.82 Å². The van der Waals surface area contributed by atoms with E-state index in [0.29, 0.717) is 26.1 Å². The number of halogens is 1. The first-order valence-electron chi connectivity index (χ1n) is 12.1. The topological polar surface area (TPSA) is 80.6 Å². The van der Waals surface area contributed by atoms with Crippen LogP contribution >= 0.6 is 0 Å². The van der Waals surface area contributed by atoms with Crippen LogP contribution in [0.25, 0.3) is 0 Å². The highest BCUT2D eigenvalue weighted by Crippen LogP contribution is 2.15. The molecule has 2 amide bonds. The maximum atomic E-state index is 13.4. The van der Waals surface area contributed by atoms with Crippen LogP contribution in [0.3, 0.4) is 0 Å². The van der Waals surface area contributed by atoms with Gasteiger partial charge in [-0.2, -0.15) is 0 Å². The van der Waals surface area contributed by atoms with E-state index in [1.165, 1.54) is 29.4 Å². The predicted molar refractivity (Wildman–Crippen MR) is 134 cm³/mol. The second-order valence-corrected chi connectivity index (χ2v) is 9.03. The number of benzene rings is 2. The summed E-state index contributed by atoms with van der Waals surface area (Å²) in [6.45, 7) is 1.66. The minimum atomic E-state index is -0.619. The Kier molecular flexibility index (Phi) is 8.28. The second kappa shape index (κ2) is 11.8. The maximum Gasteiger partial charge on any atom is 0.259 e. The molecule has 0 saturated carbocycles. The van der Waals surface area contributed by atoms with Gasteiger partial charge in [-0.05, 0) is 42.5 Å². The van der Waals surface area contributed by atoms with Gasteiger partial charge in [0.15, 0.2) is 0 Å². The van der Waals surface area contributed by atoms with Crippen LogP contribution in [-0.4, -0.2) is 47.6 Å². The quantitative estimate of drug-likeness (QED) is 0.498. The molecular formula is C28H30FN3O4. The Balaban J connectivity index is 1.55. The zero-order valence-corrected chi connectivity index (χ0v) is 20.3. The van der Waals surface area contributed by atoms with Gasteiger partial charge in [0.1, 0.15) is 16.9 Å². The molecule has 1 aliphatic heterocycles. The van der Waals surface area contributed by atoms with Crippen molar-refractivity contribution in [1.29, 1.82) is 0 Å². The van der Waals surface area contributed by atoms with Crippen LogP contribution in [0.5, 0.6) is 0 Å². The predicted octanol–water partition coefficient (Wildman–Crippen LogP) is 3.41. The third-order valence-corrected chi connectivity index (χ3v) is 6.19. The molecule has 1 aromatic heterocycles. The molecule has 1 saturated heterocycles. The Hall–Kier alpha value is -3.78. The van der Waals surface area contributed by atoms with Crippen molar-refractivity contribution in [3.8, 4) is 0 Å². The first-order chi connectivity index (χ1) is 17.4. The first kappa shape index (κ1) is 25.3. The summed E-state index contributed by atoms with van der Waals surface area (Å²) in [6, 6.07) is 15.6. The average Bonchev–Trinajstić information content (AvgIpc) is 3.38. The summed E-state index contributed by atoms with van der Waals surface area (Å²) >= 11 is 0. The van der Waals surface area contributed by atoms with Crippen molar-refractivity contribution in [2.24, 2.45) is 0 Å². The van der Waals surface area contributed by atoms with Gasteiger partial charge >= 0.3 is 0 Å². The lowest BCUT2D eigenvalue weighted by Gasteiger charge is -2.19. The smallest absolute Gasteiger partial charge is 0.259 e. The van der Waals surface area contributed by atoms with Crippen molar-refractivity contribution in [2.75, 3.05) is 20.2 Å². The van der Waals surface area contributed by atoms with Crippen LogP contribution in [0.1, 0.15) is 44.7 Å². The lowest BCUT2D eigenvalue weighted by atomic mass is 10.1. The second-order valence-electron chi connectivity index (χ2n) is 9.03. The molecule has 7 nitrogen and oxygen atoms in total. The van der Waals surface area contributed by atoms with Crippen LogP contribution in [0.4, 0.5) is 4.39 Å². The number of pyridine rings is 1. The molecule has 1 N–H and O–H groups in total. The molecule has 3 aromatic rings. The van der Waals surface area contributed by atoms with Crippen molar-refractivity contribution in [3.05, 3.63) is 105 Å². The molecule has 0 aliphatic carbocycles. The van der Waals surface area contributed by atoms with Gasteiger partial charge in [0, 0.05) is 45.7 Å². The molecule has 2 heterocycles. The van der Waals surface area contributed by atoms with Gasteiger partial charge < -0.3 is 19.5 Å². The minimum Gasteiger partial charge on any atom is -0.376 e. The number of hydrogen-bond donors (Lipinski definition) is 1. The molecule has 1 fully saturated rings. The third-order valence-electron chi connectivity index (χ3n) is 6.19. The molecule has 8 heteroatoms. The van der Waals surface area contributed by atoms with E-state index in [-0.39, 0.29) is 29.6 Å². The molecule has 1 atom stereocenters. The zero-order chi connectivity index (χ0) is 25.5. The van der Waals surface area contributed by atoms with Crippen molar-refractivity contribution >= 4 is 11.8 Å². The van der Waals surface area contributed by atoms with Gasteiger partial charge in [0.2, 0.25) is 5.43 Å². The minimum absolute atomic E-state index is 0.0404. The summed E-state index contributed by atoms with van der Waals surface area (Å²) in [5, 5.41) is 2.73. The fourth-order valence-electron chi connectivity index (χ4n) is 4.32. The summed E-state index contributed by atoms with van der Waals surface area (Å²) in [4.78, 5) is 41.0. The number of hydrogen-bond acceptors (Lipinski definition) is 4. The van der Waals surface area contributed by atoms with Crippen molar-refractivity contribution in [3.63, 3.8) is 0 Å². The van der Waals surface area contributed by atoms with E-state index in [1.54, 1.807) is 23.7 Å². The molecule has 2 aromatic carbocycles. The normalized spacial score (nSPS) is 15.0. The standard InChI is InChI=1S/C28H30FN3O4/c1-31(16-21-7-3-2-4-8-21)28(35)25-19-32(17-23-11-6-14-36-23)18-24(26(25)33)27(34)30-13-12-20-9-5-10-22(29)15-20/h2-5,7-10,15,18-19,23H,6,11-14,16-17H2,1H3,(H,30,34)/t23-/m1/s1. The molecule has 1 aliphatic rings. The SMILES string of the molecule is CN(Cc1ccccc1)C(=O)c1cn(C[C@H]2CCCO2)cc(C(=O)NCCc2cccc(F)c2)c1=O. The maximum absolute atomic E-state index is 13.4. The zero-order valence-electron chi connectivity index (χ0n) is 20.3. The van der Waals surface area contributed by atoms with E-state index < -0.39 is 17.2 Å². The average molecular weight is 492 g/mol. The highest BCUT2D eigenvalue weighted by molar-refractivity contribution is 5.99. The fourth-order valence-corrected chi connectivity index (χ4v) is 4.32. The van der Waals surface area contributed by atoms with Gasteiger partial charge in [-0.3, -0.25) is 14.4 Å². The Bertz CT molecular complexity index is 1270. The first-order valence-corrected chi connectivity index (χ1v) is 12.1. The number of rotatable bonds is 9. The number of amides is 2. The van der Waals surface area contributed by atoms with E-state index in [4.69, 9.17) is 4.74 Å². The summed E-state index contributed by atoms with van der Waals surface area (Å²) in [6.07, 6.45) is 5.18. The van der Waals surface area contributed by atoms with Gasteiger partial charge in [-0.1, -0.05) is 42.5 Å². The number of ether oxygens (including phenoxy) is 1. The Morgan fingerprint density at radius 3 is 2.56 bits per heavy atom. The Morgan fingerprint density at radius 2 is 1.83 bits per heavy atom. The van der Waals surface area contributed by atoms with E-state index in [9.17, 15) is 18.8 Å². The highest BCUT2D eigenvalue weighted by Gasteiger charge is 2.23. The summed E-state index contributed by atoms with van der Waals surface area (Å²) in [5.41, 5.74) is 0.874. The molecule has 188 valence electrons. The molecule has 0 radical (unpaired) electrons. The number of carbonyl (C=O) groups is 2. The van der Waals surface area contributed by atoms with E-state index >= 15 is 0 Å². The fraction of sp³-hybridized carbons (Fsp3) is 0.321.